The van der Waals surface area contributed by atoms with Crippen LogP contribution in [0.2, 0.25) is 0 Å². The Labute approximate surface area is 141 Å². The van der Waals surface area contributed by atoms with Gasteiger partial charge in [0, 0.05) is 18.6 Å². The minimum atomic E-state index is -1.38. The lowest BCUT2D eigenvalue weighted by Crippen LogP contribution is -2.46. The zero-order valence-corrected chi connectivity index (χ0v) is 13.2. The molecule has 0 aliphatic heterocycles. The molecule has 0 radical (unpaired) electrons. The van der Waals surface area contributed by atoms with E-state index in [2.05, 4.69) is 5.32 Å². The first kappa shape index (κ1) is 18.3. The first-order valence-electron chi connectivity index (χ1n) is 7.20. The van der Waals surface area contributed by atoms with Gasteiger partial charge in [0.05, 0.1) is 7.11 Å². The van der Waals surface area contributed by atoms with Gasteiger partial charge >= 0.3 is 0 Å². The number of benzene rings is 2. The Morgan fingerprint density at radius 1 is 1.16 bits per heavy atom. The standard InChI is InChI=1S/C17H15F3N2O3/c1-25-14-5-3-2-4-9(14)6-13(16(21)23)22-17(24)15-11(19)7-10(18)8-12(15)20/h2-5,7-8,13H,6H2,1H3,(H2,21,23)(H,22,24)/t13-/m1/s1. The van der Waals surface area contributed by atoms with Crippen LogP contribution in [0.3, 0.4) is 0 Å². The maximum absolute atomic E-state index is 13.7. The Morgan fingerprint density at radius 3 is 2.32 bits per heavy atom. The highest BCUT2D eigenvalue weighted by Gasteiger charge is 2.25. The third-order valence-electron chi connectivity index (χ3n) is 3.50. The number of nitrogens with one attached hydrogen (secondary N) is 1. The first-order valence-corrected chi connectivity index (χ1v) is 7.20. The second kappa shape index (κ2) is 7.69. The van der Waals surface area contributed by atoms with Crippen LogP contribution in [0.25, 0.3) is 0 Å². The summed E-state index contributed by atoms with van der Waals surface area (Å²) in [5.41, 5.74) is 4.83. The van der Waals surface area contributed by atoms with Gasteiger partial charge in [-0.2, -0.15) is 0 Å². The fraction of sp³-hybridized carbons (Fsp3) is 0.176. The van der Waals surface area contributed by atoms with Crippen LogP contribution >= 0.6 is 0 Å². The van der Waals surface area contributed by atoms with E-state index in [0.717, 1.165) is 0 Å². The molecule has 0 heterocycles. The smallest absolute Gasteiger partial charge is 0.257 e. The molecule has 1 atom stereocenters. The number of hydrogen-bond acceptors (Lipinski definition) is 3. The number of amides is 2. The molecule has 0 saturated carbocycles. The van der Waals surface area contributed by atoms with E-state index in [-0.39, 0.29) is 6.42 Å². The van der Waals surface area contributed by atoms with Gasteiger partial charge in [-0.1, -0.05) is 18.2 Å². The van der Waals surface area contributed by atoms with E-state index in [0.29, 0.717) is 23.4 Å². The molecule has 3 N–H and O–H groups in total. The molecule has 5 nitrogen and oxygen atoms in total. The van der Waals surface area contributed by atoms with Crippen LogP contribution in [0.1, 0.15) is 15.9 Å². The van der Waals surface area contributed by atoms with Crippen molar-refractivity contribution >= 4 is 11.8 Å². The fourth-order valence-electron chi connectivity index (χ4n) is 2.30. The van der Waals surface area contributed by atoms with Gasteiger partial charge in [0.2, 0.25) is 5.91 Å². The van der Waals surface area contributed by atoms with E-state index in [9.17, 15) is 22.8 Å². The molecular weight excluding hydrogens is 337 g/mol. The Bertz CT molecular complexity index is 788. The molecule has 2 amide bonds. The van der Waals surface area contributed by atoms with Crippen molar-refractivity contribution in [2.75, 3.05) is 7.11 Å². The number of para-hydroxylation sites is 1. The van der Waals surface area contributed by atoms with Crippen molar-refractivity contribution in [2.24, 2.45) is 5.73 Å². The summed E-state index contributed by atoms with van der Waals surface area (Å²) in [5, 5.41) is 2.16. The number of hydrogen-bond donors (Lipinski definition) is 2. The lowest BCUT2D eigenvalue weighted by Gasteiger charge is -2.17. The first-order chi connectivity index (χ1) is 11.8. The normalized spacial score (nSPS) is 11.7. The van der Waals surface area contributed by atoms with Gasteiger partial charge in [0.15, 0.2) is 0 Å². The highest BCUT2D eigenvalue weighted by atomic mass is 19.1. The second-order valence-electron chi connectivity index (χ2n) is 5.19. The van der Waals surface area contributed by atoms with Crippen molar-refractivity contribution in [3.05, 3.63) is 65.0 Å². The van der Waals surface area contributed by atoms with Gasteiger partial charge in [-0.15, -0.1) is 0 Å². The molecule has 0 unspecified atom stereocenters. The van der Waals surface area contributed by atoms with Crippen LogP contribution in [-0.2, 0) is 11.2 Å². The summed E-state index contributed by atoms with van der Waals surface area (Å²) in [6, 6.07) is 6.21. The zero-order valence-electron chi connectivity index (χ0n) is 13.2. The quantitative estimate of drug-likeness (QED) is 0.834. The van der Waals surface area contributed by atoms with Gasteiger partial charge in [-0.05, 0) is 11.6 Å². The maximum Gasteiger partial charge on any atom is 0.257 e. The topological polar surface area (TPSA) is 81.4 Å². The molecule has 0 aliphatic rings. The Balaban J connectivity index is 2.25. The highest BCUT2D eigenvalue weighted by Crippen LogP contribution is 2.20. The number of halogens is 3. The largest absolute Gasteiger partial charge is 0.496 e. The minimum absolute atomic E-state index is 0.0461. The Hall–Kier alpha value is -3.03. The summed E-state index contributed by atoms with van der Waals surface area (Å²) in [6.45, 7) is 0. The average molecular weight is 352 g/mol. The van der Waals surface area contributed by atoms with Crippen LogP contribution < -0.4 is 15.8 Å². The van der Waals surface area contributed by atoms with E-state index in [1.807, 2.05) is 0 Å². The third kappa shape index (κ3) is 4.28. The summed E-state index contributed by atoms with van der Waals surface area (Å²) >= 11 is 0. The van der Waals surface area contributed by atoms with Gasteiger partial charge in [0.1, 0.15) is 34.8 Å². The van der Waals surface area contributed by atoms with Crippen LogP contribution in [0.15, 0.2) is 36.4 Å². The summed E-state index contributed by atoms with van der Waals surface area (Å²) in [7, 11) is 1.43. The van der Waals surface area contributed by atoms with Crippen molar-refractivity contribution < 1.29 is 27.5 Å². The lowest BCUT2D eigenvalue weighted by molar-refractivity contribution is -0.119. The predicted octanol–water partition coefficient (Wildman–Crippen LogP) is 1.94. The molecule has 0 bridgehead atoms. The monoisotopic (exact) mass is 352 g/mol. The molecule has 0 aromatic heterocycles. The SMILES string of the molecule is COc1ccccc1C[C@@H](NC(=O)c1c(F)cc(F)cc1F)C(N)=O. The molecule has 2 aromatic rings. The highest BCUT2D eigenvalue weighted by molar-refractivity contribution is 5.97. The van der Waals surface area contributed by atoms with E-state index < -0.39 is 40.9 Å². The minimum Gasteiger partial charge on any atom is -0.496 e. The van der Waals surface area contributed by atoms with E-state index in [1.165, 1.54) is 7.11 Å². The van der Waals surface area contributed by atoms with Gasteiger partial charge < -0.3 is 15.8 Å². The van der Waals surface area contributed by atoms with Crippen molar-refractivity contribution in [2.45, 2.75) is 12.5 Å². The molecule has 2 aromatic carbocycles. The summed E-state index contributed by atoms with van der Waals surface area (Å²) in [6.07, 6.45) is -0.0461. The van der Waals surface area contributed by atoms with Crippen LogP contribution in [0.4, 0.5) is 13.2 Å². The molecule has 0 fully saturated rings. The van der Waals surface area contributed by atoms with Gasteiger partial charge in [0.25, 0.3) is 5.91 Å². The number of carbonyl (C=O) groups is 2. The molecule has 132 valence electrons. The van der Waals surface area contributed by atoms with Crippen LogP contribution in [0.5, 0.6) is 5.75 Å². The number of methoxy groups -OCH3 is 1. The molecule has 8 heteroatoms. The molecule has 2 rings (SSSR count). The summed E-state index contributed by atoms with van der Waals surface area (Å²) in [5.74, 6) is -5.57. The van der Waals surface area contributed by atoms with Crippen molar-refractivity contribution in [3.63, 3.8) is 0 Å². The molecule has 0 spiro atoms. The summed E-state index contributed by atoms with van der Waals surface area (Å²) < 4.78 is 45.4. The number of primary amides is 1. The zero-order chi connectivity index (χ0) is 18.6. The predicted molar refractivity (Wildman–Crippen MR) is 83.5 cm³/mol. The average Bonchev–Trinajstić information content (AvgIpc) is 2.53. The third-order valence-corrected chi connectivity index (χ3v) is 3.50. The molecule has 0 aliphatic carbocycles. The summed E-state index contributed by atoms with van der Waals surface area (Å²) in [4.78, 5) is 23.7. The van der Waals surface area contributed by atoms with Crippen LogP contribution in [-0.4, -0.2) is 25.0 Å². The van der Waals surface area contributed by atoms with Crippen molar-refractivity contribution in [3.8, 4) is 5.75 Å². The number of carbonyl (C=O) groups excluding carboxylic acids is 2. The van der Waals surface area contributed by atoms with Gasteiger partial charge in [-0.25, -0.2) is 13.2 Å². The number of ether oxygens (including phenoxy) is 1. The van der Waals surface area contributed by atoms with E-state index >= 15 is 0 Å². The van der Waals surface area contributed by atoms with Crippen LogP contribution in [0, 0.1) is 17.5 Å². The van der Waals surface area contributed by atoms with Gasteiger partial charge in [-0.3, -0.25) is 9.59 Å². The number of rotatable bonds is 6. The molecule has 25 heavy (non-hydrogen) atoms. The lowest BCUT2D eigenvalue weighted by atomic mass is 10.0. The van der Waals surface area contributed by atoms with E-state index in [1.54, 1.807) is 24.3 Å². The maximum atomic E-state index is 13.7. The number of nitrogens with two attached hydrogens (primary N) is 1. The fourth-order valence-corrected chi connectivity index (χ4v) is 2.30. The van der Waals surface area contributed by atoms with E-state index in [4.69, 9.17) is 10.5 Å². The Kier molecular flexibility index (Phi) is 5.63. The second-order valence-corrected chi connectivity index (χ2v) is 5.19. The van der Waals surface area contributed by atoms with Crippen molar-refractivity contribution in [1.29, 1.82) is 0 Å². The molecule has 0 saturated heterocycles. The Morgan fingerprint density at radius 2 is 1.76 bits per heavy atom. The van der Waals surface area contributed by atoms with Crippen molar-refractivity contribution in [1.82, 2.24) is 5.32 Å². The molecular formula is C17H15F3N2O3.